The molecule has 1 saturated heterocycles. The first-order valence-corrected chi connectivity index (χ1v) is 8.70. The molecule has 2 nitrogen and oxygen atoms in total. The largest absolute Gasteiger partial charge is 0.310 e. The van der Waals surface area contributed by atoms with Crippen LogP contribution in [0.15, 0.2) is 24.3 Å². The van der Waals surface area contributed by atoms with Crippen molar-refractivity contribution in [2.45, 2.75) is 59.0 Å². The van der Waals surface area contributed by atoms with Gasteiger partial charge in [-0.2, -0.15) is 0 Å². The Bertz CT molecular complexity index is 410. The maximum absolute atomic E-state index is 3.80. The summed E-state index contributed by atoms with van der Waals surface area (Å²) in [6.45, 7) is 12.8. The zero-order chi connectivity index (χ0) is 15.2. The van der Waals surface area contributed by atoms with Crippen molar-refractivity contribution in [2.75, 3.05) is 19.6 Å². The van der Waals surface area contributed by atoms with Crippen molar-refractivity contribution >= 4 is 0 Å². The maximum atomic E-state index is 3.80. The van der Waals surface area contributed by atoms with E-state index in [1.807, 2.05) is 0 Å². The fourth-order valence-electron chi connectivity index (χ4n) is 3.29. The van der Waals surface area contributed by atoms with Crippen molar-refractivity contribution in [3.8, 4) is 0 Å². The van der Waals surface area contributed by atoms with Gasteiger partial charge < -0.3 is 10.2 Å². The normalized spacial score (nSPS) is 21.1. The highest BCUT2D eigenvalue weighted by Gasteiger charge is 2.24. The van der Waals surface area contributed by atoms with E-state index in [0.717, 1.165) is 25.3 Å². The topological polar surface area (TPSA) is 15.3 Å². The van der Waals surface area contributed by atoms with Gasteiger partial charge in [0.05, 0.1) is 0 Å². The van der Waals surface area contributed by atoms with E-state index in [0.29, 0.717) is 12.1 Å². The highest BCUT2D eigenvalue weighted by atomic mass is 15.2. The van der Waals surface area contributed by atoms with E-state index >= 15 is 0 Å². The van der Waals surface area contributed by atoms with Crippen LogP contribution in [0, 0.1) is 5.92 Å². The van der Waals surface area contributed by atoms with Gasteiger partial charge in [-0.05, 0) is 63.2 Å². The molecular weight excluding hydrogens is 256 g/mol. The van der Waals surface area contributed by atoms with Gasteiger partial charge in [0.15, 0.2) is 0 Å². The summed E-state index contributed by atoms with van der Waals surface area (Å²) in [6.07, 6.45) is 3.63. The molecule has 0 aliphatic carbocycles. The number of likely N-dealkylation sites (tertiary alicyclic amines) is 1. The smallest absolute Gasteiger partial charge is 0.0317 e. The summed E-state index contributed by atoms with van der Waals surface area (Å²) in [5.41, 5.74) is 2.87. The monoisotopic (exact) mass is 288 g/mol. The van der Waals surface area contributed by atoms with Crippen molar-refractivity contribution in [3.05, 3.63) is 35.4 Å². The second-order valence-corrected chi connectivity index (χ2v) is 6.71. The Labute approximate surface area is 130 Å². The van der Waals surface area contributed by atoms with Crippen LogP contribution >= 0.6 is 0 Å². The van der Waals surface area contributed by atoms with Gasteiger partial charge in [0.2, 0.25) is 0 Å². The third kappa shape index (κ3) is 4.55. The molecule has 1 aliphatic heterocycles. The third-order valence-corrected chi connectivity index (χ3v) is 4.90. The molecule has 2 heteroatoms. The SMILES string of the molecule is CCc1ccc(C(CC)NCC2CCN(C(C)C)C2)cc1. The zero-order valence-corrected chi connectivity index (χ0v) is 14.2. The maximum Gasteiger partial charge on any atom is 0.0317 e. The van der Waals surface area contributed by atoms with Crippen LogP contribution in [0.1, 0.15) is 57.7 Å². The van der Waals surface area contributed by atoms with Crippen LogP contribution in [0.4, 0.5) is 0 Å². The Hall–Kier alpha value is -0.860. The molecule has 0 saturated carbocycles. The molecule has 2 atom stereocenters. The Morgan fingerprint density at radius 1 is 1.19 bits per heavy atom. The number of nitrogens with one attached hydrogen (secondary N) is 1. The molecule has 2 rings (SSSR count). The van der Waals surface area contributed by atoms with Crippen molar-refractivity contribution in [3.63, 3.8) is 0 Å². The summed E-state index contributed by atoms with van der Waals surface area (Å²) < 4.78 is 0. The summed E-state index contributed by atoms with van der Waals surface area (Å²) in [4.78, 5) is 2.60. The molecule has 0 radical (unpaired) electrons. The van der Waals surface area contributed by atoms with Crippen molar-refractivity contribution in [1.29, 1.82) is 0 Å². The Kier molecular flexibility index (Phi) is 6.25. The lowest BCUT2D eigenvalue weighted by atomic mass is 10.0. The number of benzene rings is 1. The fourth-order valence-corrected chi connectivity index (χ4v) is 3.29. The highest BCUT2D eigenvalue weighted by molar-refractivity contribution is 5.25. The lowest BCUT2D eigenvalue weighted by Crippen LogP contribution is -2.31. The zero-order valence-electron chi connectivity index (χ0n) is 14.2. The summed E-state index contributed by atoms with van der Waals surface area (Å²) >= 11 is 0. The highest BCUT2D eigenvalue weighted by Crippen LogP contribution is 2.21. The lowest BCUT2D eigenvalue weighted by molar-refractivity contribution is 0.262. The predicted molar refractivity (Wildman–Crippen MR) is 91.7 cm³/mol. The number of hydrogen-bond donors (Lipinski definition) is 1. The Morgan fingerprint density at radius 2 is 1.90 bits per heavy atom. The molecule has 1 aromatic carbocycles. The molecular formula is C19H32N2. The second-order valence-electron chi connectivity index (χ2n) is 6.71. The van der Waals surface area contributed by atoms with Crippen molar-refractivity contribution in [2.24, 2.45) is 5.92 Å². The first kappa shape index (κ1) is 16.5. The summed E-state index contributed by atoms with van der Waals surface area (Å²) in [5, 5.41) is 3.80. The molecule has 0 spiro atoms. The van der Waals surface area contributed by atoms with Gasteiger partial charge in [-0.1, -0.05) is 38.1 Å². The molecule has 1 N–H and O–H groups in total. The minimum atomic E-state index is 0.504. The molecule has 0 aromatic heterocycles. The van der Waals surface area contributed by atoms with Crippen LogP contribution in [-0.2, 0) is 6.42 Å². The third-order valence-electron chi connectivity index (χ3n) is 4.90. The van der Waals surface area contributed by atoms with Gasteiger partial charge in [-0.25, -0.2) is 0 Å². The van der Waals surface area contributed by atoms with Gasteiger partial charge >= 0.3 is 0 Å². The van der Waals surface area contributed by atoms with Crippen LogP contribution in [0.2, 0.25) is 0 Å². The molecule has 2 unspecified atom stereocenters. The average Bonchev–Trinajstić information content (AvgIpc) is 2.98. The van der Waals surface area contributed by atoms with Gasteiger partial charge in [-0.15, -0.1) is 0 Å². The molecule has 1 fully saturated rings. The van der Waals surface area contributed by atoms with Crippen molar-refractivity contribution in [1.82, 2.24) is 10.2 Å². The van der Waals surface area contributed by atoms with Crippen LogP contribution in [0.25, 0.3) is 0 Å². The van der Waals surface area contributed by atoms with Crippen LogP contribution < -0.4 is 5.32 Å². The Morgan fingerprint density at radius 3 is 2.43 bits per heavy atom. The summed E-state index contributed by atoms with van der Waals surface area (Å²) in [6, 6.07) is 10.3. The number of rotatable bonds is 7. The second kappa shape index (κ2) is 7.95. The fraction of sp³-hybridized carbons (Fsp3) is 0.684. The first-order valence-electron chi connectivity index (χ1n) is 8.70. The quantitative estimate of drug-likeness (QED) is 0.815. The van der Waals surface area contributed by atoms with Crippen molar-refractivity contribution < 1.29 is 0 Å². The number of hydrogen-bond acceptors (Lipinski definition) is 2. The van der Waals surface area contributed by atoms with E-state index in [1.54, 1.807) is 0 Å². The first-order chi connectivity index (χ1) is 10.1. The molecule has 1 aliphatic rings. The molecule has 21 heavy (non-hydrogen) atoms. The van der Waals surface area contributed by atoms with E-state index in [1.165, 1.54) is 30.6 Å². The standard InChI is InChI=1S/C19H32N2/c1-5-16-7-9-18(10-8-16)19(6-2)20-13-17-11-12-21(14-17)15(3)4/h7-10,15,17,19-20H,5-6,11-14H2,1-4H3. The van der Waals surface area contributed by atoms with E-state index in [-0.39, 0.29) is 0 Å². The van der Waals surface area contributed by atoms with E-state index in [2.05, 4.69) is 62.2 Å². The number of aryl methyl sites for hydroxylation is 1. The van der Waals surface area contributed by atoms with Crippen LogP contribution in [0.5, 0.6) is 0 Å². The summed E-state index contributed by atoms with van der Waals surface area (Å²) in [5.74, 6) is 0.816. The molecule has 1 aromatic rings. The molecule has 0 amide bonds. The molecule has 0 bridgehead atoms. The molecule has 118 valence electrons. The Balaban J connectivity index is 1.85. The van der Waals surface area contributed by atoms with Gasteiger partial charge in [0, 0.05) is 18.6 Å². The van der Waals surface area contributed by atoms with Gasteiger partial charge in [0.1, 0.15) is 0 Å². The van der Waals surface area contributed by atoms with Crippen LogP contribution in [0.3, 0.4) is 0 Å². The van der Waals surface area contributed by atoms with Gasteiger partial charge in [-0.3, -0.25) is 0 Å². The molecule has 1 heterocycles. The van der Waals surface area contributed by atoms with Gasteiger partial charge in [0.25, 0.3) is 0 Å². The van der Waals surface area contributed by atoms with E-state index in [4.69, 9.17) is 0 Å². The minimum absolute atomic E-state index is 0.504. The lowest BCUT2D eigenvalue weighted by Gasteiger charge is -2.22. The van der Waals surface area contributed by atoms with E-state index < -0.39 is 0 Å². The summed E-state index contributed by atoms with van der Waals surface area (Å²) in [7, 11) is 0. The predicted octanol–water partition coefficient (Wildman–Crippen LogP) is 4.02. The number of nitrogens with zero attached hydrogens (tertiary/aromatic N) is 1. The van der Waals surface area contributed by atoms with E-state index in [9.17, 15) is 0 Å². The van der Waals surface area contributed by atoms with Crippen LogP contribution in [-0.4, -0.2) is 30.6 Å². The minimum Gasteiger partial charge on any atom is -0.310 e. The average molecular weight is 288 g/mol.